The van der Waals surface area contributed by atoms with Crippen LogP contribution < -0.4 is 0 Å². The van der Waals surface area contributed by atoms with Crippen LogP contribution in [0.1, 0.15) is 123 Å². The third kappa shape index (κ3) is 11.5. The van der Waals surface area contributed by atoms with Gasteiger partial charge in [0.15, 0.2) is 0 Å². The largest absolute Gasteiger partial charge is 0.444 e. The van der Waals surface area contributed by atoms with Gasteiger partial charge >= 0.3 is 12.2 Å². The van der Waals surface area contributed by atoms with E-state index in [0.717, 1.165) is 42.3 Å². The zero-order chi connectivity index (χ0) is 49.7. The molecule has 0 bridgehead atoms. The Morgan fingerprint density at radius 1 is 0.603 bits per heavy atom. The molecular weight excluding hydrogens is 992 g/mol. The molecule has 0 unspecified atom stereocenters. The Kier molecular flexibility index (Phi) is 14.7. The fourth-order valence-corrected chi connectivity index (χ4v) is 10.7. The van der Waals surface area contributed by atoms with Gasteiger partial charge in [-0.2, -0.15) is 0 Å². The van der Waals surface area contributed by atoms with Gasteiger partial charge in [0.1, 0.15) is 11.2 Å². The van der Waals surface area contributed by atoms with E-state index in [1.165, 1.54) is 0 Å². The number of rotatable bonds is 6. The topological polar surface area (TPSA) is 140 Å². The highest BCUT2D eigenvalue weighted by molar-refractivity contribution is 9.10. The number of fused-ring (bicyclic) bond motifs is 4. The van der Waals surface area contributed by atoms with E-state index >= 15 is 0 Å². The van der Waals surface area contributed by atoms with E-state index < -0.39 is 47.7 Å². The van der Waals surface area contributed by atoms with Gasteiger partial charge in [-0.15, -0.1) is 0 Å². The zero-order valence-electron chi connectivity index (χ0n) is 40.9. The number of hydrogen-bond acceptors (Lipinski definition) is 8. The maximum Gasteiger partial charge on any atom is 0.410 e. The molecule has 0 aliphatic carbocycles. The fourth-order valence-electron chi connectivity index (χ4n) is 9.95. The maximum atomic E-state index is 13.3. The lowest BCUT2D eigenvalue weighted by molar-refractivity contribution is -0.0198. The quantitative estimate of drug-likeness (QED) is 0.195. The number of carbonyl (C=O) groups excluding carboxylic acids is 4. The second-order valence-corrected chi connectivity index (χ2v) is 23.8. The van der Waals surface area contributed by atoms with Gasteiger partial charge < -0.3 is 29.5 Å². The summed E-state index contributed by atoms with van der Waals surface area (Å²) in [5.41, 5.74) is 5.79. The molecule has 4 aliphatic heterocycles. The van der Waals surface area contributed by atoms with E-state index in [2.05, 4.69) is 59.6 Å². The van der Waals surface area contributed by atoms with Crippen LogP contribution in [-0.4, -0.2) is 115 Å². The van der Waals surface area contributed by atoms with Crippen molar-refractivity contribution in [2.75, 3.05) is 26.2 Å². The SMILES string of the molecule is CC(C)(C)OC(=O)N1Cc2ccccc2C[C@H]1[C@@H](O)CN1CC(C)(C)c2cc(Br)ccc2C1=O.CC(C)(C)OC(=O)N1Cc2ccccc2C[C@H]1[C@H](O)CN1CC(C)(C)c2cc(Br)ccc2C1=O. The number of nitrogens with zero attached hydrogens (tertiary/aromatic N) is 4. The van der Waals surface area contributed by atoms with Crippen molar-refractivity contribution < 1.29 is 38.9 Å². The predicted octanol–water partition coefficient (Wildman–Crippen LogP) is 9.81. The molecule has 14 heteroatoms. The molecule has 0 aromatic heterocycles. The highest BCUT2D eigenvalue weighted by atomic mass is 79.9. The van der Waals surface area contributed by atoms with E-state index in [4.69, 9.17) is 9.47 Å². The molecule has 68 heavy (non-hydrogen) atoms. The highest BCUT2D eigenvalue weighted by Crippen LogP contribution is 2.38. The number of carbonyl (C=O) groups is 4. The Bertz CT molecular complexity index is 2390. The van der Waals surface area contributed by atoms with Crippen molar-refractivity contribution >= 4 is 55.9 Å². The van der Waals surface area contributed by atoms with Gasteiger partial charge in [0.25, 0.3) is 11.8 Å². The average Bonchev–Trinajstić information content (AvgIpc) is 3.25. The van der Waals surface area contributed by atoms with E-state index in [0.29, 0.717) is 50.1 Å². The minimum absolute atomic E-state index is 0.0964. The number of aliphatic hydroxyl groups excluding tert-OH is 2. The van der Waals surface area contributed by atoms with E-state index in [9.17, 15) is 29.4 Å². The van der Waals surface area contributed by atoms with Crippen LogP contribution in [0.4, 0.5) is 9.59 Å². The molecule has 4 aromatic carbocycles. The summed E-state index contributed by atoms with van der Waals surface area (Å²) in [6.07, 6.45) is -1.73. The van der Waals surface area contributed by atoms with Gasteiger partial charge in [0.2, 0.25) is 0 Å². The van der Waals surface area contributed by atoms with Crippen LogP contribution in [0.25, 0.3) is 0 Å². The monoisotopic (exact) mass is 1060 g/mol. The summed E-state index contributed by atoms with van der Waals surface area (Å²) in [4.78, 5) is 59.5. The third-order valence-corrected chi connectivity index (χ3v) is 14.2. The molecule has 4 amide bonds. The second kappa shape index (κ2) is 19.6. The number of amides is 4. The number of hydrogen-bond donors (Lipinski definition) is 2. The van der Waals surface area contributed by atoms with Crippen molar-refractivity contribution in [2.24, 2.45) is 0 Å². The Labute approximate surface area is 418 Å². The molecule has 0 radical (unpaired) electrons. The lowest BCUT2D eigenvalue weighted by atomic mass is 9.78. The number of β-amino-alcohol motifs (C(OH)–C–C–N with tert-alkyl or cyclic N) is 2. The van der Waals surface area contributed by atoms with Crippen LogP contribution in [0, 0.1) is 0 Å². The van der Waals surface area contributed by atoms with E-state index in [1.807, 2.05) is 126 Å². The summed E-state index contributed by atoms with van der Waals surface area (Å²) >= 11 is 7.02. The maximum absolute atomic E-state index is 13.3. The molecule has 8 rings (SSSR count). The summed E-state index contributed by atoms with van der Waals surface area (Å²) in [5, 5.41) is 22.8. The number of benzene rings is 4. The van der Waals surface area contributed by atoms with Gasteiger partial charge in [0.05, 0.1) is 24.3 Å². The lowest BCUT2D eigenvalue weighted by Gasteiger charge is -2.44. The van der Waals surface area contributed by atoms with Crippen molar-refractivity contribution in [1.29, 1.82) is 0 Å². The summed E-state index contributed by atoms with van der Waals surface area (Å²) < 4.78 is 13.2. The van der Waals surface area contributed by atoms with Crippen molar-refractivity contribution in [3.8, 4) is 0 Å². The van der Waals surface area contributed by atoms with Crippen LogP contribution in [0.15, 0.2) is 93.9 Å². The van der Waals surface area contributed by atoms with Crippen LogP contribution >= 0.6 is 31.9 Å². The van der Waals surface area contributed by atoms with Gasteiger partial charge in [-0.1, -0.05) is 108 Å². The zero-order valence-corrected chi connectivity index (χ0v) is 44.1. The third-order valence-electron chi connectivity index (χ3n) is 13.2. The summed E-state index contributed by atoms with van der Waals surface area (Å²) in [6.45, 7) is 21.4. The van der Waals surface area contributed by atoms with Gasteiger partial charge in [0, 0.05) is 70.2 Å². The predicted molar refractivity (Wildman–Crippen MR) is 270 cm³/mol. The smallest absolute Gasteiger partial charge is 0.410 e. The number of ether oxygens (including phenoxy) is 2. The molecule has 0 saturated carbocycles. The molecule has 4 heterocycles. The van der Waals surface area contributed by atoms with Gasteiger partial charge in [-0.3, -0.25) is 19.4 Å². The van der Waals surface area contributed by atoms with Crippen molar-refractivity contribution in [3.63, 3.8) is 0 Å². The normalized spacial score (nSPS) is 20.4. The van der Waals surface area contributed by atoms with Crippen molar-refractivity contribution in [2.45, 2.75) is 141 Å². The Morgan fingerprint density at radius 3 is 1.28 bits per heavy atom. The van der Waals surface area contributed by atoms with Gasteiger partial charge in [-0.25, -0.2) is 9.59 Å². The molecule has 2 N–H and O–H groups in total. The van der Waals surface area contributed by atoms with Crippen molar-refractivity contribution in [1.82, 2.24) is 19.6 Å². The van der Waals surface area contributed by atoms with Crippen LogP contribution in [-0.2, 0) is 46.2 Å². The average molecular weight is 1060 g/mol. The highest BCUT2D eigenvalue weighted by Gasteiger charge is 2.44. The van der Waals surface area contributed by atoms with E-state index in [-0.39, 0.29) is 35.7 Å². The second-order valence-electron chi connectivity index (χ2n) is 22.0. The standard InChI is InChI=1S/2C27H33BrN2O4/c2*1-26(2,3)34-25(33)30-14-18-9-7-6-8-17(18)12-22(30)23(31)15-29-16-27(4,5)21-13-19(28)10-11-20(21)24(29)32/h2*6-11,13,22-23,31H,12,14-16H2,1-5H3/t22-,23+;22-,23-/m00/s1. The summed E-state index contributed by atoms with van der Waals surface area (Å²) in [7, 11) is 0. The Balaban J connectivity index is 0.000000201. The molecule has 0 spiro atoms. The molecule has 4 aliphatic rings. The molecule has 0 fully saturated rings. The molecule has 4 atom stereocenters. The molecule has 364 valence electrons. The number of halogens is 2. The summed E-state index contributed by atoms with van der Waals surface area (Å²) in [6, 6.07) is 26.3. The van der Waals surface area contributed by atoms with Crippen molar-refractivity contribution in [3.05, 3.63) is 138 Å². The van der Waals surface area contributed by atoms with Crippen LogP contribution in [0.3, 0.4) is 0 Å². The Morgan fingerprint density at radius 2 is 0.941 bits per heavy atom. The lowest BCUT2D eigenvalue weighted by Crippen LogP contribution is -2.57. The molecule has 4 aromatic rings. The first-order valence-electron chi connectivity index (χ1n) is 23.4. The number of aliphatic hydroxyl groups is 2. The fraction of sp³-hybridized carbons (Fsp3) is 0.481. The molecule has 0 saturated heterocycles. The van der Waals surface area contributed by atoms with E-state index in [1.54, 1.807) is 19.6 Å². The molecular formula is C54H66Br2N4O8. The minimum Gasteiger partial charge on any atom is -0.444 e. The van der Waals surface area contributed by atoms with Crippen LogP contribution in [0.5, 0.6) is 0 Å². The summed E-state index contributed by atoms with van der Waals surface area (Å²) in [5.74, 6) is -0.193. The first-order chi connectivity index (χ1) is 31.7. The molecule has 12 nitrogen and oxygen atoms in total. The Hall–Kier alpha value is -4.76. The first-order valence-corrected chi connectivity index (χ1v) is 25.0. The van der Waals surface area contributed by atoms with Crippen LogP contribution in [0.2, 0.25) is 0 Å². The minimum atomic E-state index is -0.919. The first kappa shape index (κ1) is 51.1. The van der Waals surface area contributed by atoms with Gasteiger partial charge in [-0.05, 0) is 124 Å².